The van der Waals surface area contributed by atoms with Gasteiger partial charge in [-0.25, -0.2) is 4.79 Å². The van der Waals surface area contributed by atoms with Gasteiger partial charge in [0.25, 0.3) is 0 Å². The standard InChI is InChI=1S/C25H20ClNO5S/c1-3-11-32-18-10-7-15(12-19(18)31-4-2)17-13-20(28)27-22-21(14-5-8-16(26)9-6-14)24(25(29)30)33-23(17)22/h1,5-10,12,17H,4,11,13H2,2H3,(H,27,28)(H,29,30)/t17-/m0/s1. The Bertz CT molecular complexity index is 1260. The second-order valence-electron chi connectivity index (χ2n) is 7.29. The highest BCUT2D eigenvalue weighted by atomic mass is 35.5. The Balaban J connectivity index is 1.84. The minimum absolute atomic E-state index is 0.104. The molecule has 0 spiro atoms. The minimum Gasteiger partial charge on any atom is -0.490 e. The third-order valence-corrected chi connectivity index (χ3v) is 6.76. The monoisotopic (exact) mass is 481 g/mol. The fraction of sp³-hybridized carbons (Fsp3) is 0.200. The molecule has 0 saturated carbocycles. The zero-order valence-electron chi connectivity index (χ0n) is 17.7. The Morgan fingerprint density at radius 3 is 2.67 bits per heavy atom. The van der Waals surface area contributed by atoms with Crippen molar-refractivity contribution in [3.8, 4) is 35.0 Å². The summed E-state index contributed by atoms with van der Waals surface area (Å²) < 4.78 is 11.3. The SMILES string of the molecule is C#CCOc1ccc([C@@H]2CC(=O)Nc3c2sc(C(=O)O)c3-c2ccc(Cl)cc2)cc1OCC. The van der Waals surface area contributed by atoms with Gasteiger partial charge in [0.2, 0.25) is 5.91 Å². The number of thiophene rings is 1. The molecule has 0 fully saturated rings. The fourth-order valence-corrected chi connectivity index (χ4v) is 5.22. The van der Waals surface area contributed by atoms with Crippen molar-refractivity contribution in [3.63, 3.8) is 0 Å². The summed E-state index contributed by atoms with van der Waals surface area (Å²) in [5.41, 5.74) is 2.49. The summed E-state index contributed by atoms with van der Waals surface area (Å²) in [6, 6.07) is 12.3. The van der Waals surface area contributed by atoms with Gasteiger partial charge in [-0.15, -0.1) is 17.8 Å². The highest BCUT2D eigenvalue weighted by Crippen LogP contribution is 2.50. The van der Waals surface area contributed by atoms with Crippen LogP contribution in [0.5, 0.6) is 11.5 Å². The lowest BCUT2D eigenvalue weighted by Gasteiger charge is -2.24. The molecule has 1 atom stereocenters. The first-order valence-electron chi connectivity index (χ1n) is 10.2. The Hall–Kier alpha value is -3.47. The molecule has 0 aliphatic carbocycles. The Morgan fingerprint density at radius 1 is 1.24 bits per heavy atom. The van der Waals surface area contributed by atoms with Crippen LogP contribution in [0.1, 0.15) is 39.4 Å². The normalized spacial score (nSPS) is 14.7. The molecule has 6 nitrogen and oxygen atoms in total. The smallest absolute Gasteiger partial charge is 0.346 e. The van der Waals surface area contributed by atoms with Crippen LogP contribution in [-0.4, -0.2) is 30.2 Å². The average molecular weight is 482 g/mol. The summed E-state index contributed by atoms with van der Waals surface area (Å²) in [5, 5.41) is 13.3. The van der Waals surface area contributed by atoms with Crippen molar-refractivity contribution in [2.24, 2.45) is 0 Å². The summed E-state index contributed by atoms with van der Waals surface area (Å²) in [5.74, 6) is 1.88. The van der Waals surface area contributed by atoms with Gasteiger partial charge in [0.1, 0.15) is 11.5 Å². The number of aromatic carboxylic acids is 1. The van der Waals surface area contributed by atoms with Gasteiger partial charge < -0.3 is 19.9 Å². The maximum atomic E-state index is 12.7. The van der Waals surface area contributed by atoms with Gasteiger partial charge in [-0.1, -0.05) is 35.7 Å². The van der Waals surface area contributed by atoms with Gasteiger partial charge in [-0.2, -0.15) is 0 Å². The number of carbonyl (C=O) groups is 2. The number of hydrogen-bond donors (Lipinski definition) is 2. The van der Waals surface area contributed by atoms with Crippen LogP contribution in [0.4, 0.5) is 5.69 Å². The van der Waals surface area contributed by atoms with E-state index in [0.717, 1.165) is 10.4 Å². The second-order valence-corrected chi connectivity index (χ2v) is 8.78. The molecular weight excluding hydrogens is 462 g/mol. The third kappa shape index (κ3) is 4.54. The molecule has 168 valence electrons. The number of hydrogen-bond acceptors (Lipinski definition) is 5. The molecule has 8 heteroatoms. The predicted molar refractivity (Wildman–Crippen MR) is 129 cm³/mol. The van der Waals surface area contributed by atoms with E-state index in [1.165, 1.54) is 11.3 Å². The first-order valence-corrected chi connectivity index (χ1v) is 11.4. The van der Waals surface area contributed by atoms with Gasteiger partial charge in [0, 0.05) is 27.8 Å². The maximum absolute atomic E-state index is 12.7. The lowest BCUT2D eigenvalue weighted by molar-refractivity contribution is -0.116. The molecule has 1 aromatic heterocycles. The van der Waals surface area contributed by atoms with Crippen LogP contribution in [0.15, 0.2) is 42.5 Å². The van der Waals surface area contributed by atoms with Crippen LogP contribution in [0.2, 0.25) is 5.02 Å². The zero-order valence-corrected chi connectivity index (χ0v) is 19.3. The van der Waals surface area contributed by atoms with Crippen molar-refractivity contribution in [3.05, 3.63) is 62.8 Å². The summed E-state index contributed by atoms with van der Waals surface area (Å²) in [6.07, 6.45) is 5.48. The molecule has 33 heavy (non-hydrogen) atoms. The van der Waals surface area contributed by atoms with E-state index in [1.54, 1.807) is 30.3 Å². The number of carboxylic acids is 1. The van der Waals surface area contributed by atoms with Gasteiger partial charge >= 0.3 is 5.97 Å². The van der Waals surface area contributed by atoms with Crippen molar-refractivity contribution >= 4 is 40.5 Å². The van der Waals surface area contributed by atoms with Crippen molar-refractivity contribution in [1.29, 1.82) is 0 Å². The van der Waals surface area contributed by atoms with Crippen LogP contribution in [0, 0.1) is 12.3 Å². The summed E-state index contributed by atoms with van der Waals surface area (Å²) in [7, 11) is 0. The first kappa shape index (κ1) is 22.7. The number of fused-ring (bicyclic) bond motifs is 1. The van der Waals surface area contributed by atoms with Crippen LogP contribution in [0.3, 0.4) is 0 Å². The topological polar surface area (TPSA) is 84.9 Å². The lowest BCUT2D eigenvalue weighted by Crippen LogP contribution is -2.22. The number of benzene rings is 2. The van der Waals surface area contributed by atoms with Crippen molar-refractivity contribution in [1.82, 2.24) is 0 Å². The summed E-state index contributed by atoms with van der Waals surface area (Å²) in [6.45, 7) is 2.39. The molecule has 0 unspecified atom stereocenters. The molecule has 3 aromatic rings. The Kier molecular flexibility index (Phi) is 6.59. The zero-order chi connectivity index (χ0) is 23.5. The highest BCUT2D eigenvalue weighted by molar-refractivity contribution is 7.15. The number of nitrogens with one attached hydrogen (secondary N) is 1. The molecule has 2 aromatic carbocycles. The van der Waals surface area contributed by atoms with E-state index in [9.17, 15) is 14.7 Å². The Labute approximate surface area is 200 Å². The number of ether oxygens (including phenoxy) is 2. The minimum atomic E-state index is -1.06. The quantitative estimate of drug-likeness (QED) is 0.426. The molecule has 4 rings (SSSR count). The van der Waals surface area contributed by atoms with Crippen LogP contribution in [-0.2, 0) is 4.79 Å². The molecule has 0 bridgehead atoms. The molecule has 2 N–H and O–H groups in total. The maximum Gasteiger partial charge on any atom is 0.346 e. The average Bonchev–Trinajstić information content (AvgIpc) is 3.18. The molecular formula is C25H20ClNO5S. The molecule has 1 amide bonds. The molecule has 1 aliphatic rings. The van der Waals surface area contributed by atoms with Crippen LogP contribution < -0.4 is 14.8 Å². The van der Waals surface area contributed by atoms with Crippen molar-refractivity contribution in [2.75, 3.05) is 18.5 Å². The van der Waals surface area contributed by atoms with E-state index in [1.807, 2.05) is 19.1 Å². The van der Waals surface area contributed by atoms with E-state index < -0.39 is 5.97 Å². The van der Waals surface area contributed by atoms with E-state index >= 15 is 0 Å². The number of halogens is 1. The van der Waals surface area contributed by atoms with Crippen molar-refractivity contribution < 1.29 is 24.2 Å². The molecule has 1 aliphatic heterocycles. The van der Waals surface area contributed by atoms with Crippen LogP contribution >= 0.6 is 22.9 Å². The number of amides is 1. The lowest BCUT2D eigenvalue weighted by atomic mass is 9.88. The number of terminal acetylenes is 1. The van der Waals surface area contributed by atoms with Gasteiger partial charge in [-0.3, -0.25) is 4.79 Å². The second kappa shape index (κ2) is 9.57. The number of anilines is 1. The number of rotatable bonds is 7. The van der Waals surface area contributed by atoms with Crippen LogP contribution in [0.25, 0.3) is 11.1 Å². The van der Waals surface area contributed by atoms with Gasteiger partial charge in [0.15, 0.2) is 11.5 Å². The van der Waals surface area contributed by atoms with E-state index in [0.29, 0.717) is 39.9 Å². The van der Waals surface area contributed by atoms with E-state index in [2.05, 4.69) is 11.2 Å². The third-order valence-electron chi connectivity index (χ3n) is 5.21. The largest absolute Gasteiger partial charge is 0.490 e. The number of carbonyl (C=O) groups excluding carboxylic acids is 1. The van der Waals surface area contributed by atoms with Crippen molar-refractivity contribution in [2.45, 2.75) is 19.3 Å². The Morgan fingerprint density at radius 2 is 2.00 bits per heavy atom. The van der Waals surface area contributed by atoms with Gasteiger partial charge in [0.05, 0.1) is 12.3 Å². The van der Waals surface area contributed by atoms with Gasteiger partial charge in [-0.05, 0) is 42.3 Å². The van der Waals surface area contributed by atoms with E-state index in [-0.39, 0.29) is 29.7 Å². The highest BCUT2D eigenvalue weighted by Gasteiger charge is 2.34. The molecule has 0 saturated heterocycles. The first-order chi connectivity index (χ1) is 15.9. The predicted octanol–water partition coefficient (Wildman–Crippen LogP) is 5.65. The molecule has 2 heterocycles. The summed E-state index contributed by atoms with van der Waals surface area (Å²) in [4.78, 5) is 25.7. The van der Waals surface area contributed by atoms with E-state index in [4.69, 9.17) is 27.5 Å². The number of carboxylic acid groups (broad SMARTS) is 1. The summed E-state index contributed by atoms with van der Waals surface area (Å²) >= 11 is 7.18. The fourth-order valence-electron chi connectivity index (χ4n) is 3.85. The molecule has 0 radical (unpaired) electrons.